The summed E-state index contributed by atoms with van der Waals surface area (Å²) >= 11 is 0. The SMILES string of the molecule is Cc1ccc(S(=O)(=O)Nc2c(C(c3ccccc3)c3c(C)[nH]c4ccccc34)oc3ccccc23)cc1. The van der Waals surface area contributed by atoms with Crippen molar-refractivity contribution in [2.24, 2.45) is 0 Å². The van der Waals surface area contributed by atoms with Crippen molar-refractivity contribution in [3.05, 3.63) is 131 Å². The predicted octanol–water partition coefficient (Wildman–Crippen LogP) is 7.51. The average molecular weight is 507 g/mol. The topological polar surface area (TPSA) is 75.1 Å². The van der Waals surface area contributed by atoms with Gasteiger partial charge in [0, 0.05) is 22.0 Å². The molecule has 0 spiro atoms. The Labute approximate surface area is 215 Å². The molecule has 2 N–H and O–H groups in total. The largest absolute Gasteiger partial charge is 0.458 e. The van der Waals surface area contributed by atoms with Gasteiger partial charge in [0.1, 0.15) is 11.3 Å². The number of benzene rings is 4. The third-order valence-electron chi connectivity index (χ3n) is 6.82. The van der Waals surface area contributed by atoms with Crippen molar-refractivity contribution in [1.82, 2.24) is 4.98 Å². The lowest BCUT2D eigenvalue weighted by atomic mass is 9.86. The van der Waals surface area contributed by atoms with Crippen molar-refractivity contribution >= 4 is 37.6 Å². The van der Waals surface area contributed by atoms with Crippen molar-refractivity contribution in [3.8, 4) is 0 Å². The van der Waals surface area contributed by atoms with E-state index in [-0.39, 0.29) is 10.8 Å². The molecule has 0 bridgehead atoms. The van der Waals surface area contributed by atoms with E-state index < -0.39 is 10.0 Å². The van der Waals surface area contributed by atoms with Crippen LogP contribution in [0.4, 0.5) is 5.69 Å². The molecule has 6 heteroatoms. The minimum absolute atomic E-state index is 0.203. The van der Waals surface area contributed by atoms with Gasteiger partial charge >= 0.3 is 0 Å². The predicted molar refractivity (Wildman–Crippen MR) is 149 cm³/mol. The van der Waals surface area contributed by atoms with Crippen LogP contribution in [-0.2, 0) is 10.0 Å². The molecule has 2 aromatic heterocycles. The van der Waals surface area contributed by atoms with Crippen LogP contribution in [0.25, 0.3) is 21.9 Å². The molecule has 4 aromatic carbocycles. The standard InChI is InChI=1S/C31H26N2O3S/c1-20-16-18-23(19-17-20)37(34,35)33-30-25-13-7-9-15-27(25)36-31(30)29(22-10-4-3-5-11-22)28-21(2)32-26-14-8-6-12-24(26)28/h3-19,29,32-33H,1-2H3. The van der Waals surface area contributed by atoms with Gasteiger partial charge in [0.15, 0.2) is 0 Å². The highest BCUT2D eigenvalue weighted by molar-refractivity contribution is 7.92. The van der Waals surface area contributed by atoms with Gasteiger partial charge in [0.2, 0.25) is 0 Å². The number of rotatable bonds is 6. The van der Waals surface area contributed by atoms with E-state index in [1.807, 2.05) is 74.5 Å². The van der Waals surface area contributed by atoms with E-state index in [1.165, 1.54) is 0 Å². The minimum atomic E-state index is -3.87. The molecule has 2 heterocycles. The number of hydrogen-bond acceptors (Lipinski definition) is 3. The van der Waals surface area contributed by atoms with Gasteiger partial charge in [-0.15, -0.1) is 0 Å². The van der Waals surface area contributed by atoms with Gasteiger partial charge < -0.3 is 9.40 Å². The number of H-pyrrole nitrogens is 1. The van der Waals surface area contributed by atoms with Gasteiger partial charge in [-0.2, -0.15) is 0 Å². The molecule has 6 rings (SSSR count). The summed E-state index contributed by atoms with van der Waals surface area (Å²) in [4.78, 5) is 3.70. The third kappa shape index (κ3) is 4.09. The molecule has 1 atom stereocenters. The number of para-hydroxylation sites is 2. The van der Waals surface area contributed by atoms with Crippen LogP contribution in [0.3, 0.4) is 0 Å². The molecule has 0 amide bonds. The molecule has 0 saturated heterocycles. The van der Waals surface area contributed by atoms with Crippen LogP contribution >= 0.6 is 0 Å². The Kier molecular flexibility index (Phi) is 5.61. The molecule has 5 nitrogen and oxygen atoms in total. The Morgan fingerprint density at radius 3 is 2.16 bits per heavy atom. The lowest BCUT2D eigenvalue weighted by molar-refractivity contribution is 0.543. The number of sulfonamides is 1. The number of aryl methyl sites for hydroxylation is 2. The molecule has 0 aliphatic heterocycles. The molecule has 0 aliphatic rings. The van der Waals surface area contributed by atoms with E-state index in [0.717, 1.165) is 33.3 Å². The molecule has 0 fully saturated rings. The number of nitrogens with one attached hydrogen (secondary N) is 2. The van der Waals surface area contributed by atoms with E-state index in [1.54, 1.807) is 24.3 Å². The Morgan fingerprint density at radius 2 is 1.41 bits per heavy atom. The number of hydrogen-bond donors (Lipinski definition) is 2. The molecule has 0 radical (unpaired) electrons. The highest BCUT2D eigenvalue weighted by Gasteiger charge is 2.31. The maximum Gasteiger partial charge on any atom is 0.262 e. The van der Waals surface area contributed by atoms with Crippen LogP contribution in [0, 0.1) is 13.8 Å². The van der Waals surface area contributed by atoms with Gasteiger partial charge in [-0.25, -0.2) is 8.42 Å². The maximum absolute atomic E-state index is 13.6. The van der Waals surface area contributed by atoms with Gasteiger partial charge in [0.25, 0.3) is 10.0 Å². The van der Waals surface area contributed by atoms with Crippen molar-refractivity contribution < 1.29 is 12.8 Å². The first-order valence-electron chi connectivity index (χ1n) is 12.2. The summed E-state index contributed by atoms with van der Waals surface area (Å²) in [5, 5.41) is 1.79. The smallest absolute Gasteiger partial charge is 0.262 e. The molecule has 1 unspecified atom stereocenters. The van der Waals surface area contributed by atoms with Gasteiger partial charge in [-0.05, 0) is 55.3 Å². The first-order valence-corrected chi connectivity index (χ1v) is 13.6. The lowest BCUT2D eigenvalue weighted by Gasteiger charge is -2.19. The summed E-state index contributed by atoms with van der Waals surface area (Å²) in [7, 11) is -3.87. The number of aromatic nitrogens is 1. The van der Waals surface area contributed by atoms with E-state index in [9.17, 15) is 8.42 Å². The number of fused-ring (bicyclic) bond motifs is 2. The second kappa shape index (κ2) is 8.98. The highest BCUT2D eigenvalue weighted by Crippen LogP contribution is 2.45. The van der Waals surface area contributed by atoms with Crippen LogP contribution in [0.2, 0.25) is 0 Å². The number of furan rings is 1. The monoisotopic (exact) mass is 506 g/mol. The average Bonchev–Trinajstić information content (AvgIpc) is 3.42. The normalized spacial score (nSPS) is 12.7. The van der Waals surface area contributed by atoms with Crippen LogP contribution < -0.4 is 4.72 Å². The molecular formula is C31H26N2O3S. The summed E-state index contributed by atoms with van der Waals surface area (Å²) in [5.74, 6) is 0.205. The molecule has 6 aromatic rings. The van der Waals surface area contributed by atoms with E-state index in [4.69, 9.17) is 4.42 Å². The van der Waals surface area contributed by atoms with Crippen LogP contribution in [0.15, 0.2) is 112 Å². The summed E-state index contributed by atoms with van der Waals surface area (Å²) in [6.07, 6.45) is 0. The fraction of sp³-hybridized carbons (Fsp3) is 0.0968. The van der Waals surface area contributed by atoms with Crippen molar-refractivity contribution in [2.45, 2.75) is 24.7 Å². The summed E-state index contributed by atoms with van der Waals surface area (Å²) in [6.45, 7) is 3.98. The summed E-state index contributed by atoms with van der Waals surface area (Å²) in [5.41, 5.74) is 6.15. The Bertz CT molecular complexity index is 1830. The van der Waals surface area contributed by atoms with E-state index in [0.29, 0.717) is 22.4 Å². The molecule has 37 heavy (non-hydrogen) atoms. The first-order chi connectivity index (χ1) is 17.9. The highest BCUT2D eigenvalue weighted by atomic mass is 32.2. The van der Waals surface area contributed by atoms with Gasteiger partial charge in [0.05, 0.1) is 16.5 Å². The fourth-order valence-corrected chi connectivity index (χ4v) is 6.14. The molecule has 0 aliphatic carbocycles. The first kappa shape index (κ1) is 23.1. The van der Waals surface area contributed by atoms with Crippen molar-refractivity contribution in [3.63, 3.8) is 0 Å². The van der Waals surface area contributed by atoms with Gasteiger partial charge in [-0.3, -0.25) is 4.72 Å². The van der Waals surface area contributed by atoms with Crippen molar-refractivity contribution in [1.29, 1.82) is 0 Å². The molecular weight excluding hydrogens is 480 g/mol. The Morgan fingerprint density at radius 1 is 0.757 bits per heavy atom. The Hall–Kier alpha value is -4.29. The van der Waals surface area contributed by atoms with Crippen molar-refractivity contribution in [2.75, 3.05) is 4.72 Å². The second-order valence-corrected chi connectivity index (χ2v) is 11.0. The quantitative estimate of drug-likeness (QED) is 0.245. The zero-order valence-electron chi connectivity index (χ0n) is 20.5. The second-order valence-electron chi connectivity index (χ2n) is 9.31. The third-order valence-corrected chi connectivity index (χ3v) is 8.18. The van der Waals surface area contributed by atoms with E-state index >= 15 is 0 Å². The zero-order valence-corrected chi connectivity index (χ0v) is 21.3. The zero-order chi connectivity index (χ0) is 25.6. The molecule has 184 valence electrons. The fourth-order valence-electron chi connectivity index (χ4n) is 5.05. The summed E-state index contributed by atoms with van der Waals surface area (Å²) < 4.78 is 36.5. The van der Waals surface area contributed by atoms with Crippen LogP contribution in [-0.4, -0.2) is 13.4 Å². The molecule has 0 saturated carbocycles. The van der Waals surface area contributed by atoms with Crippen LogP contribution in [0.1, 0.15) is 34.1 Å². The lowest BCUT2D eigenvalue weighted by Crippen LogP contribution is -2.15. The van der Waals surface area contributed by atoms with Gasteiger partial charge in [-0.1, -0.05) is 78.4 Å². The number of aromatic amines is 1. The Balaban J connectivity index is 1.62. The summed E-state index contributed by atoms with van der Waals surface area (Å²) in [6, 6.07) is 32.6. The number of anilines is 1. The minimum Gasteiger partial charge on any atom is -0.458 e. The maximum atomic E-state index is 13.6. The van der Waals surface area contributed by atoms with Crippen LogP contribution in [0.5, 0.6) is 0 Å². The van der Waals surface area contributed by atoms with E-state index in [2.05, 4.69) is 27.9 Å².